The van der Waals surface area contributed by atoms with Gasteiger partial charge in [0, 0.05) is 25.1 Å². The molecule has 200 valence electrons. The number of imidazole rings is 1. The van der Waals surface area contributed by atoms with Crippen molar-refractivity contribution in [3.8, 4) is 5.75 Å². The monoisotopic (exact) mass is 515 g/mol. The number of carbonyl (C=O) groups is 1. The smallest absolute Gasteiger partial charge is 0.251 e. The minimum atomic E-state index is -0.342. The molecular weight excluding hydrogens is 477 g/mol. The van der Waals surface area contributed by atoms with Crippen molar-refractivity contribution >= 4 is 16.9 Å². The Labute approximate surface area is 225 Å². The number of ether oxygens (including phenoxy) is 1. The van der Waals surface area contributed by atoms with Gasteiger partial charge in [-0.15, -0.1) is 0 Å². The zero-order valence-electron chi connectivity index (χ0n) is 22.7. The van der Waals surface area contributed by atoms with Crippen LogP contribution in [-0.4, -0.2) is 28.6 Å². The van der Waals surface area contributed by atoms with E-state index in [9.17, 15) is 9.18 Å². The van der Waals surface area contributed by atoms with E-state index < -0.39 is 0 Å². The van der Waals surface area contributed by atoms with Gasteiger partial charge in [0.25, 0.3) is 5.91 Å². The maximum absolute atomic E-state index is 13.0. The number of hydrogen-bond donors (Lipinski definition) is 1. The summed E-state index contributed by atoms with van der Waals surface area (Å²) in [6.45, 7) is 8.73. The first-order valence-corrected chi connectivity index (χ1v) is 13.5. The molecule has 0 saturated carbocycles. The molecule has 0 radical (unpaired) electrons. The molecule has 6 heteroatoms. The van der Waals surface area contributed by atoms with Crippen LogP contribution in [0, 0.1) is 5.82 Å². The van der Waals surface area contributed by atoms with Crippen molar-refractivity contribution in [3.63, 3.8) is 0 Å². The van der Waals surface area contributed by atoms with Crippen molar-refractivity contribution in [2.75, 3.05) is 13.2 Å². The second kappa shape index (κ2) is 12.7. The van der Waals surface area contributed by atoms with Gasteiger partial charge in [-0.1, -0.05) is 51.5 Å². The van der Waals surface area contributed by atoms with Crippen LogP contribution in [0.3, 0.4) is 0 Å². The third-order valence-electron chi connectivity index (χ3n) is 6.72. The van der Waals surface area contributed by atoms with E-state index >= 15 is 0 Å². The number of carbonyl (C=O) groups excluding carboxylic acids is 1. The van der Waals surface area contributed by atoms with Crippen LogP contribution in [0.2, 0.25) is 0 Å². The molecule has 0 saturated heterocycles. The molecule has 3 aromatic carbocycles. The van der Waals surface area contributed by atoms with Crippen LogP contribution < -0.4 is 10.1 Å². The molecule has 38 heavy (non-hydrogen) atoms. The molecule has 1 heterocycles. The predicted octanol–water partition coefficient (Wildman–Crippen LogP) is 7.08. The molecular formula is C32H38FN3O2. The molecule has 0 aliphatic carbocycles. The number of nitrogens with zero attached hydrogens (tertiary/aromatic N) is 2. The summed E-state index contributed by atoms with van der Waals surface area (Å²) in [6, 6.07) is 22.3. The van der Waals surface area contributed by atoms with Gasteiger partial charge in [-0.05, 0) is 78.8 Å². The maximum atomic E-state index is 13.0. The van der Waals surface area contributed by atoms with Crippen molar-refractivity contribution in [1.82, 2.24) is 14.9 Å². The lowest BCUT2D eigenvalue weighted by molar-refractivity contribution is 0.0953. The second-order valence-electron chi connectivity index (χ2n) is 10.7. The highest BCUT2D eigenvalue weighted by Crippen LogP contribution is 2.24. The average Bonchev–Trinajstić information content (AvgIpc) is 3.26. The van der Waals surface area contributed by atoms with Gasteiger partial charge in [-0.3, -0.25) is 4.79 Å². The van der Waals surface area contributed by atoms with Gasteiger partial charge >= 0.3 is 0 Å². The summed E-state index contributed by atoms with van der Waals surface area (Å²) in [4.78, 5) is 17.1. The van der Waals surface area contributed by atoms with Crippen LogP contribution in [0.1, 0.15) is 68.2 Å². The van der Waals surface area contributed by atoms with Crippen LogP contribution in [0.25, 0.3) is 11.0 Å². The Morgan fingerprint density at radius 1 is 0.921 bits per heavy atom. The van der Waals surface area contributed by atoms with E-state index in [1.54, 1.807) is 0 Å². The van der Waals surface area contributed by atoms with Gasteiger partial charge < -0.3 is 14.6 Å². The molecule has 1 N–H and O–H groups in total. The first kappa shape index (κ1) is 27.4. The van der Waals surface area contributed by atoms with Crippen LogP contribution in [0.5, 0.6) is 5.75 Å². The molecule has 0 spiro atoms. The van der Waals surface area contributed by atoms with Crippen LogP contribution in [-0.2, 0) is 18.4 Å². The molecule has 0 aliphatic rings. The van der Waals surface area contributed by atoms with Gasteiger partial charge in [0.2, 0.25) is 0 Å². The maximum Gasteiger partial charge on any atom is 0.251 e. The number of para-hydroxylation sites is 2. The van der Waals surface area contributed by atoms with E-state index in [0.29, 0.717) is 18.7 Å². The van der Waals surface area contributed by atoms with Gasteiger partial charge in [0.1, 0.15) is 17.4 Å². The lowest BCUT2D eigenvalue weighted by Crippen LogP contribution is -2.24. The highest BCUT2D eigenvalue weighted by Gasteiger charge is 2.13. The summed E-state index contributed by atoms with van der Waals surface area (Å²) in [5.41, 5.74) is 4.09. The fraction of sp³-hybridized carbons (Fsp3) is 0.375. The summed E-state index contributed by atoms with van der Waals surface area (Å²) in [5.74, 6) is 1.49. The van der Waals surface area contributed by atoms with Crippen molar-refractivity contribution in [2.45, 2.75) is 64.8 Å². The molecule has 0 fully saturated rings. The fourth-order valence-corrected chi connectivity index (χ4v) is 4.52. The van der Waals surface area contributed by atoms with Crippen LogP contribution in [0.15, 0.2) is 72.8 Å². The molecule has 0 unspecified atom stereocenters. The zero-order chi connectivity index (χ0) is 27.0. The average molecular weight is 516 g/mol. The number of hydrogen-bond acceptors (Lipinski definition) is 3. The minimum absolute atomic E-state index is 0.134. The first-order chi connectivity index (χ1) is 18.3. The summed E-state index contributed by atoms with van der Waals surface area (Å²) in [7, 11) is 0. The Morgan fingerprint density at radius 2 is 1.66 bits per heavy atom. The SMILES string of the molecule is CC(C)(C)c1ccc(OCCCn2c(CCCCCNC(=O)c3ccc(F)cc3)nc3ccccc32)cc1. The topological polar surface area (TPSA) is 56.1 Å². The third kappa shape index (κ3) is 7.44. The standard InChI is InChI=1S/C32H38FN3O2/c1-32(2,3)25-15-19-27(20-16-25)38-23-9-22-36-29-11-7-6-10-28(29)35-30(36)12-5-4-8-21-34-31(37)24-13-17-26(33)18-14-24/h6-7,10-11,13-20H,4-5,8-9,12,21-23H2,1-3H3,(H,34,37). The molecule has 0 aliphatic heterocycles. The molecule has 4 aromatic rings. The van der Waals surface area contributed by atoms with Gasteiger partial charge in [0.05, 0.1) is 17.6 Å². The summed E-state index contributed by atoms with van der Waals surface area (Å²) in [5, 5.41) is 2.91. The number of rotatable bonds is 12. The highest BCUT2D eigenvalue weighted by molar-refractivity contribution is 5.94. The molecule has 5 nitrogen and oxygen atoms in total. The van der Waals surface area contributed by atoms with Crippen molar-refractivity contribution in [1.29, 1.82) is 0 Å². The van der Waals surface area contributed by atoms with E-state index in [4.69, 9.17) is 9.72 Å². The number of aryl methyl sites for hydroxylation is 2. The number of nitrogens with one attached hydrogen (secondary N) is 1. The fourth-order valence-electron chi connectivity index (χ4n) is 4.52. The number of fused-ring (bicyclic) bond motifs is 1. The van der Waals surface area contributed by atoms with Crippen LogP contribution >= 0.6 is 0 Å². The van der Waals surface area contributed by atoms with Gasteiger partial charge in [-0.25, -0.2) is 9.37 Å². The Kier molecular flexibility index (Phi) is 9.16. The summed E-state index contributed by atoms with van der Waals surface area (Å²) >= 11 is 0. The highest BCUT2D eigenvalue weighted by atomic mass is 19.1. The van der Waals surface area contributed by atoms with E-state index in [2.05, 4.69) is 73.1 Å². The largest absolute Gasteiger partial charge is 0.494 e. The zero-order valence-corrected chi connectivity index (χ0v) is 22.7. The van der Waals surface area contributed by atoms with E-state index in [1.807, 2.05) is 6.07 Å². The normalized spacial score (nSPS) is 11.6. The van der Waals surface area contributed by atoms with Crippen molar-refractivity contribution in [2.24, 2.45) is 0 Å². The Bertz CT molecular complexity index is 1320. The number of benzene rings is 3. The Balaban J connectivity index is 1.24. The minimum Gasteiger partial charge on any atom is -0.494 e. The molecule has 4 rings (SSSR count). The Hall–Kier alpha value is -3.67. The lowest BCUT2D eigenvalue weighted by atomic mass is 9.87. The molecule has 0 atom stereocenters. The summed E-state index contributed by atoms with van der Waals surface area (Å²) in [6.07, 6.45) is 4.64. The van der Waals surface area contributed by atoms with Crippen molar-refractivity contribution < 1.29 is 13.9 Å². The second-order valence-corrected chi connectivity index (χ2v) is 10.7. The van der Waals surface area contributed by atoms with E-state index in [1.165, 1.54) is 29.8 Å². The Morgan fingerprint density at radius 3 is 2.39 bits per heavy atom. The van der Waals surface area contributed by atoms with Crippen LogP contribution in [0.4, 0.5) is 4.39 Å². The first-order valence-electron chi connectivity index (χ1n) is 13.5. The lowest BCUT2D eigenvalue weighted by Gasteiger charge is -2.19. The predicted molar refractivity (Wildman–Crippen MR) is 151 cm³/mol. The van der Waals surface area contributed by atoms with E-state index in [-0.39, 0.29) is 17.1 Å². The van der Waals surface area contributed by atoms with E-state index in [0.717, 1.165) is 61.3 Å². The third-order valence-corrected chi connectivity index (χ3v) is 6.72. The van der Waals surface area contributed by atoms with Gasteiger partial charge in [0.15, 0.2) is 0 Å². The summed E-state index contributed by atoms with van der Waals surface area (Å²) < 4.78 is 21.4. The number of unbranched alkanes of at least 4 members (excludes halogenated alkanes) is 2. The molecule has 1 aromatic heterocycles. The van der Waals surface area contributed by atoms with Crippen molar-refractivity contribution in [3.05, 3.63) is 95.6 Å². The number of aromatic nitrogens is 2. The number of halogens is 1. The quantitative estimate of drug-likeness (QED) is 0.205. The molecule has 1 amide bonds. The number of amides is 1. The molecule has 0 bridgehead atoms. The van der Waals surface area contributed by atoms with Gasteiger partial charge in [-0.2, -0.15) is 0 Å².